The lowest BCUT2D eigenvalue weighted by atomic mass is 10.1. The van der Waals surface area contributed by atoms with Crippen molar-refractivity contribution in [1.82, 2.24) is 4.41 Å². The highest BCUT2D eigenvalue weighted by Crippen LogP contribution is 2.11. The van der Waals surface area contributed by atoms with Crippen LogP contribution in [0.2, 0.25) is 0 Å². The normalized spacial score (nSPS) is 11.1. The first-order chi connectivity index (χ1) is 13.9. The summed E-state index contributed by atoms with van der Waals surface area (Å²) in [7, 11) is -4.05. The number of Topliss-reactive ketones (excluding diaryl/α,β-unsaturated/α-hetero) is 1. The largest absolute Gasteiger partial charge is 0.287 e. The van der Waals surface area contributed by atoms with E-state index < -0.39 is 21.7 Å². The maximum atomic E-state index is 12.6. The highest BCUT2D eigenvalue weighted by atomic mass is 32.2. The Morgan fingerprint density at radius 3 is 2.10 bits per heavy atom. The van der Waals surface area contributed by atoms with Gasteiger partial charge < -0.3 is 0 Å². The van der Waals surface area contributed by atoms with Crippen LogP contribution in [0.1, 0.15) is 26.3 Å². The molecule has 0 bridgehead atoms. The molecular formula is C21H20N3O4S+. The van der Waals surface area contributed by atoms with E-state index in [9.17, 15) is 18.0 Å². The quantitative estimate of drug-likeness (QED) is 0.210. The van der Waals surface area contributed by atoms with Crippen molar-refractivity contribution in [2.24, 2.45) is 5.84 Å². The summed E-state index contributed by atoms with van der Waals surface area (Å²) in [6.07, 6.45) is 3.03. The van der Waals surface area contributed by atoms with Crippen LogP contribution in [0, 0.1) is 0 Å². The third-order valence-corrected chi connectivity index (χ3v) is 5.68. The molecule has 0 atom stereocenters. The lowest BCUT2D eigenvalue weighted by molar-refractivity contribution is -0.683. The molecule has 0 unspecified atom stereocenters. The SMILES string of the molecule is NN(C(=O)c1ccc[n+](CC(=O)c2ccccc2)c1)S(=O)(=O)Cc1ccccc1. The number of nitrogens with zero attached hydrogens (tertiary/aromatic N) is 2. The van der Waals surface area contributed by atoms with Crippen molar-refractivity contribution in [2.75, 3.05) is 0 Å². The molecule has 8 heteroatoms. The number of hydrazine groups is 1. The molecule has 0 aliphatic carbocycles. The van der Waals surface area contributed by atoms with Crippen LogP contribution >= 0.6 is 0 Å². The van der Waals surface area contributed by atoms with Crippen molar-refractivity contribution < 1.29 is 22.6 Å². The van der Waals surface area contributed by atoms with Crippen molar-refractivity contribution in [3.8, 4) is 0 Å². The minimum atomic E-state index is -4.05. The van der Waals surface area contributed by atoms with Crippen LogP contribution in [-0.4, -0.2) is 24.5 Å². The first-order valence-corrected chi connectivity index (χ1v) is 10.4. The van der Waals surface area contributed by atoms with Crippen molar-refractivity contribution in [2.45, 2.75) is 12.3 Å². The number of rotatable bonds is 7. The number of pyridine rings is 1. The zero-order valence-electron chi connectivity index (χ0n) is 15.5. The molecule has 0 radical (unpaired) electrons. The third-order valence-electron chi connectivity index (χ3n) is 4.22. The summed E-state index contributed by atoms with van der Waals surface area (Å²) in [4.78, 5) is 25.0. The number of hydrogen-bond acceptors (Lipinski definition) is 5. The Labute approximate surface area is 169 Å². The van der Waals surface area contributed by atoms with Crippen molar-refractivity contribution in [1.29, 1.82) is 0 Å². The van der Waals surface area contributed by atoms with Gasteiger partial charge >= 0.3 is 0 Å². The fourth-order valence-corrected chi connectivity index (χ4v) is 3.85. The third kappa shape index (κ3) is 5.13. The highest BCUT2D eigenvalue weighted by Gasteiger charge is 2.27. The average Bonchev–Trinajstić information content (AvgIpc) is 2.74. The van der Waals surface area contributed by atoms with Gasteiger partial charge in [0.05, 0.1) is 5.75 Å². The Bertz CT molecular complexity index is 1120. The van der Waals surface area contributed by atoms with E-state index in [0.29, 0.717) is 11.1 Å². The lowest BCUT2D eigenvalue weighted by Gasteiger charge is -2.16. The van der Waals surface area contributed by atoms with Gasteiger partial charge in [-0.3, -0.25) is 9.59 Å². The number of benzene rings is 2. The first-order valence-electron chi connectivity index (χ1n) is 8.80. The van der Waals surface area contributed by atoms with E-state index in [2.05, 4.69) is 0 Å². The number of sulfonamides is 1. The minimum absolute atomic E-state index is 0.00642. The summed E-state index contributed by atoms with van der Waals surface area (Å²) in [5, 5.41) is 0. The summed E-state index contributed by atoms with van der Waals surface area (Å²) < 4.78 is 26.7. The number of carbonyl (C=O) groups is 2. The molecule has 2 N–H and O–H groups in total. The minimum Gasteiger partial charge on any atom is -0.287 e. The molecule has 0 saturated heterocycles. The molecule has 0 fully saturated rings. The molecule has 148 valence electrons. The molecule has 1 aromatic heterocycles. The predicted octanol–water partition coefficient (Wildman–Crippen LogP) is 1.70. The molecular weight excluding hydrogens is 390 g/mol. The predicted molar refractivity (Wildman–Crippen MR) is 107 cm³/mol. The number of amides is 1. The molecule has 1 heterocycles. The van der Waals surface area contributed by atoms with Gasteiger partial charge in [-0.2, -0.15) is 8.98 Å². The maximum Gasteiger partial charge on any atom is 0.287 e. The van der Waals surface area contributed by atoms with Gasteiger partial charge in [0.1, 0.15) is 5.56 Å². The Morgan fingerprint density at radius 1 is 0.862 bits per heavy atom. The van der Waals surface area contributed by atoms with Crippen molar-refractivity contribution in [3.63, 3.8) is 0 Å². The van der Waals surface area contributed by atoms with Gasteiger partial charge in [0.25, 0.3) is 15.9 Å². The second-order valence-electron chi connectivity index (χ2n) is 6.40. The van der Waals surface area contributed by atoms with Gasteiger partial charge in [-0.25, -0.2) is 14.3 Å². The Hall–Kier alpha value is -3.36. The summed E-state index contributed by atoms with van der Waals surface area (Å²) in [6.45, 7) is 0.00642. The summed E-state index contributed by atoms with van der Waals surface area (Å²) >= 11 is 0. The Balaban J connectivity index is 1.75. The van der Waals surface area contributed by atoms with E-state index in [1.165, 1.54) is 16.8 Å². The van der Waals surface area contributed by atoms with Gasteiger partial charge in [-0.05, 0) is 11.6 Å². The molecule has 29 heavy (non-hydrogen) atoms. The van der Waals surface area contributed by atoms with Gasteiger partial charge in [0.2, 0.25) is 12.3 Å². The summed E-state index contributed by atoms with van der Waals surface area (Å²) in [5.41, 5.74) is 1.13. The second kappa shape index (κ2) is 8.76. The fourth-order valence-electron chi connectivity index (χ4n) is 2.74. The van der Waals surface area contributed by atoms with Gasteiger partial charge in [0, 0.05) is 11.6 Å². The number of nitrogens with two attached hydrogens (primary N) is 1. The highest BCUT2D eigenvalue weighted by molar-refractivity contribution is 7.88. The molecule has 1 amide bonds. The van der Waals surface area contributed by atoms with Crippen molar-refractivity contribution >= 4 is 21.7 Å². The number of aromatic nitrogens is 1. The number of hydrogen-bond donors (Lipinski definition) is 1. The van der Waals surface area contributed by atoms with Gasteiger partial charge in [-0.1, -0.05) is 60.7 Å². The van der Waals surface area contributed by atoms with Crippen LogP contribution in [0.15, 0.2) is 85.2 Å². The first kappa shape index (κ1) is 20.4. The van der Waals surface area contributed by atoms with Crippen LogP contribution < -0.4 is 10.4 Å². The van der Waals surface area contributed by atoms with E-state index in [1.54, 1.807) is 66.9 Å². The molecule has 0 aliphatic rings. The molecule has 0 aliphatic heterocycles. The Morgan fingerprint density at radius 2 is 1.45 bits per heavy atom. The van der Waals surface area contributed by atoms with Crippen LogP contribution in [-0.2, 0) is 22.3 Å². The fraction of sp³-hybridized carbons (Fsp3) is 0.0952. The van der Waals surface area contributed by atoms with E-state index in [0.717, 1.165) is 0 Å². The monoisotopic (exact) mass is 410 g/mol. The molecule has 3 aromatic rings. The molecule has 7 nitrogen and oxygen atoms in total. The van der Waals surface area contributed by atoms with E-state index >= 15 is 0 Å². The van der Waals surface area contributed by atoms with Gasteiger partial charge in [-0.15, -0.1) is 0 Å². The van der Waals surface area contributed by atoms with E-state index in [1.807, 2.05) is 6.07 Å². The van der Waals surface area contributed by atoms with Crippen LogP contribution in [0.5, 0.6) is 0 Å². The second-order valence-corrected chi connectivity index (χ2v) is 8.24. The molecule has 2 aromatic carbocycles. The van der Waals surface area contributed by atoms with Crippen LogP contribution in [0.4, 0.5) is 0 Å². The number of carbonyl (C=O) groups excluding carboxylic acids is 2. The van der Waals surface area contributed by atoms with Gasteiger partial charge in [0.15, 0.2) is 12.4 Å². The number of ketones is 1. The zero-order valence-corrected chi connectivity index (χ0v) is 16.3. The lowest BCUT2D eigenvalue weighted by Crippen LogP contribution is -2.45. The van der Waals surface area contributed by atoms with Crippen molar-refractivity contribution in [3.05, 3.63) is 102 Å². The topological polar surface area (TPSA) is 101 Å². The zero-order chi connectivity index (χ0) is 20.9. The van der Waals surface area contributed by atoms with Crippen LogP contribution in [0.3, 0.4) is 0 Å². The van der Waals surface area contributed by atoms with E-state index in [4.69, 9.17) is 5.84 Å². The maximum absolute atomic E-state index is 12.6. The molecule has 3 rings (SSSR count). The summed E-state index contributed by atoms with van der Waals surface area (Å²) in [6, 6.07) is 20.2. The average molecular weight is 410 g/mol. The van der Waals surface area contributed by atoms with E-state index in [-0.39, 0.29) is 22.3 Å². The van der Waals surface area contributed by atoms with Crippen LogP contribution in [0.25, 0.3) is 0 Å². The molecule has 0 saturated carbocycles. The molecule has 0 spiro atoms. The summed E-state index contributed by atoms with van der Waals surface area (Å²) in [5.74, 6) is 4.23. The smallest absolute Gasteiger partial charge is 0.287 e. The Kier molecular flexibility index (Phi) is 6.16. The standard InChI is InChI=1S/C21H20N3O4S/c22-24(29(27,28)16-17-8-3-1-4-9-17)21(26)19-12-7-13-23(14-19)15-20(25)18-10-5-2-6-11-18/h1-14H,15-16,22H2/q+1.